The van der Waals surface area contributed by atoms with Crippen molar-refractivity contribution < 1.29 is 9.90 Å². The average Bonchev–Trinajstić information content (AvgIpc) is 2.92. The van der Waals surface area contributed by atoms with Gasteiger partial charge in [-0.25, -0.2) is 0 Å². The highest BCUT2D eigenvalue weighted by Crippen LogP contribution is 2.65. The fourth-order valence-corrected chi connectivity index (χ4v) is 8.28. The molecule has 0 heterocycles. The van der Waals surface area contributed by atoms with Gasteiger partial charge in [0.1, 0.15) is 5.78 Å². The normalized spacial score (nSPS) is 53.1. The smallest absolute Gasteiger partial charge is 0.148 e. The Morgan fingerprint density at radius 2 is 1.88 bits per heavy atom. The molecule has 4 fully saturated rings. The molecule has 0 aliphatic heterocycles. The van der Waals surface area contributed by atoms with Gasteiger partial charge in [-0.05, 0) is 93.3 Å². The number of alkyl halides is 1. The van der Waals surface area contributed by atoms with E-state index in [-0.39, 0.29) is 23.0 Å². The molecule has 0 bridgehead atoms. The van der Waals surface area contributed by atoms with Crippen molar-refractivity contribution in [1.82, 2.24) is 0 Å². The zero-order chi connectivity index (χ0) is 18.7. The summed E-state index contributed by atoms with van der Waals surface area (Å²) < 4.78 is 0. The van der Waals surface area contributed by atoms with Crippen LogP contribution in [0.2, 0.25) is 0 Å². The predicted molar refractivity (Wildman–Crippen MR) is 105 cm³/mol. The molecule has 4 aliphatic rings. The first-order chi connectivity index (χ1) is 12.3. The maximum Gasteiger partial charge on any atom is 0.148 e. The summed E-state index contributed by atoms with van der Waals surface area (Å²) in [4.78, 5) is 12.7. The maximum atomic E-state index is 12.7. The molecule has 0 radical (unpaired) electrons. The van der Waals surface area contributed by atoms with Gasteiger partial charge in [-0.3, -0.25) is 4.79 Å². The number of halogens is 1. The Kier molecular flexibility index (Phi) is 4.80. The van der Waals surface area contributed by atoms with Gasteiger partial charge in [0, 0.05) is 5.92 Å². The van der Waals surface area contributed by atoms with E-state index in [9.17, 15) is 15.2 Å². The third-order valence-electron chi connectivity index (χ3n) is 8.94. The predicted octanol–water partition coefficient (Wildman–Crippen LogP) is 4.72. The van der Waals surface area contributed by atoms with Gasteiger partial charge in [-0.2, -0.15) is 5.26 Å². The Balaban J connectivity index is 1.59. The summed E-state index contributed by atoms with van der Waals surface area (Å²) in [5.41, 5.74) is -0.455. The highest BCUT2D eigenvalue weighted by Gasteiger charge is 2.61. The molecule has 4 saturated carbocycles. The monoisotopic (exact) mass is 421 g/mol. The van der Waals surface area contributed by atoms with Crippen LogP contribution in [0.25, 0.3) is 0 Å². The number of carbonyl (C=O) groups is 1. The molecule has 26 heavy (non-hydrogen) atoms. The topological polar surface area (TPSA) is 61.1 Å². The minimum atomic E-state index is -0.468. The lowest BCUT2D eigenvalue weighted by molar-refractivity contribution is -0.130. The number of Topliss-reactive ketones (excluding diaryl/α,β-unsaturated/α-hetero) is 1. The molecule has 0 amide bonds. The first-order valence-electron chi connectivity index (χ1n) is 10.5. The Morgan fingerprint density at radius 1 is 1.15 bits per heavy atom. The van der Waals surface area contributed by atoms with Gasteiger partial charge in [0.05, 0.1) is 22.9 Å². The van der Waals surface area contributed by atoms with Gasteiger partial charge in [0.15, 0.2) is 0 Å². The van der Waals surface area contributed by atoms with Crippen LogP contribution in [0, 0.1) is 58.2 Å². The molecule has 0 spiro atoms. The molecule has 1 N–H and O–H groups in total. The van der Waals surface area contributed by atoms with Crippen molar-refractivity contribution in [2.45, 2.75) is 70.8 Å². The van der Waals surface area contributed by atoms with Gasteiger partial charge in [0.25, 0.3) is 0 Å². The van der Waals surface area contributed by atoms with Crippen LogP contribution < -0.4 is 0 Å². The lowest BCUT2D eigenvalue weighted by Gasteiger charge is -2.56. The van der Waals surface area contributed by atoms with Gasteiger partial charge < -0.3 is 5.11 Å². The van der Waals surface area contributed by atoms with E-state index in [1.54, 1.807) is 0 Å². The summed E-state index contributed by atoms with van der Waals surface area (Å²) in [5, 5.41) is 20.6. The van der Waals surface area contributed by atoms with Crippen LogP contribution in [-0.4, -0.2) is 21.8 Å². The molecular formula is C22H32BrNO2. The van der Waals surface area contributed by atoms with E-state index in [4.69, 9.17) is 0 Å². The minimum absolute atomic E-state index is 0.0133. The fraction of sp³-hybridized carbons (Fsp3) is 0.909. The average molecular weight is 422 g/mol. The summed E-state index contributed by atoms with van der Waals surface area (Å²) in [6.07, 6.45) is 8.75. The number of carbonyl (C=O) groups excluding carboxylic acids is 1. The fourth-order valence-electron chi connectivity index (χ4n) is 7.93. The Hall–Kier alpha value is -0.400. The number of hydrogen-bond acceptors (Lipinski definition) is 3. The van der Waals surface area contributed by atoms with Crippen LogP contribution in [0.4, 0.5) is 0 Å². The lowest BCUT2D eigenvalue weighted by atomic mass is 9.49. The summed E-state index contributed by atoms with van der Waals surface area (Å²) in [7, 11) is 0. The van der Waals surface area contributed by atoms with Crippen LogP contribution in [0.3, 0.4) is 0 Å². The second-order valence-electron chi connectivity index (χ2n) is 10.3. The van der Waals surface area contributed by atoms with Crippen molar-refractivity contribution in [1.29, 1.82) is 5.26 Å². The molecule has 0 unspecified atom stereocenters. The number of rotatable bonds is 2. The van der Waals surface area contributed by atoms with Crippen molar-refractivity contribution in [2.75, 3.05) is 5.33 Å². The summed E-state index contributed by atoms with van der Waals surface area (Å²) in [6.45, 7) is 4.33. The molecule has 4 heteroatoms. The van der Waals surface area contributed by atoms with Crippen molar-refractivity contribution in [3.05, 3.63) is 0 Å². The lowest BCUT2D eigenvalue weighted by Crippen LogP contribution is -2.51. The molecular weight excluding hydrogens is 390 g/mol. The first kappa shape index (κ1) is 18.9. The van der Waals surface area contributed by atoms with E-state index in [1.165, 1.54) is 19.3 Å². The molecule has 4 rings (SSSR count). The highest BCUT2D eigenvalue weighted by molar-refractivity contribution is 9.09. The molecule has 9 atom stereocenters. The highest BCUT2D eigenvalue weighted by atomic mass is 79.9. The van der Waals surface area contributed by atoms with Gasteiger partial charge >= 0.3 is 0 Å². The van der Waals surface area contributed by atoms with E-state index in [1.807, 2.05) is 6.92 Å². The van der Waals surface area contributed by atoms with Gasteiger partial charge in [-0.15, -0.1) is 0 Å². The third kappa shape index (κ3) is 2.80. The Bertz CT molecular complexity index is 626. The number of fused-ring (bicyclic) bond motifs is 5. The SMILES string of the molecule is C[C@@]1(O)CC[C@H]2[C@H](CC[C@@H]3[C@@H]2CC[C@@]2(C)[C@H]3C[C@@H](C#N)[C@@H]2C(=O)CBr)C1. The van der Waals surface area contributed by atoms with E-state index < -0.39 is 5.60 Å². The van der Waals surface area contributed by atoms with Gasteiger partial charge in [-0.1, -0.05) is 22.9 Å². The van der Waals surface area contributed by atoms with Crippen molar-refractivity contribution in [3.8, 4) is 6.07 Å². The van der Waals surface area contributed by atoms with Crippen LogP contribution in [0.5, 0.6) is 0 Å². The summed E-state index contributed by atoms with van der Waals surface area (Å²) in [5.74, 6) is 3.45. The van der Waals surface area contributed by atoms with Crippen LogP contribution in [-0.2, 0) is 4.79 Å². The number of hydrogen-bond donors (Lipinski definition) is 1. The largest absolute Gasteiger partial charge is 0.390 e. The Morgan fingerprint density at radius 3 is 2.58 bits per heavy atom. The summed E-state index contributed by atoms with van der Waals surface area (Å²) in [6, 6.07) is 2.50. The van der Waals surface area contributed by atoms with Gasteiger partial charge in [0.2, 0.25) is 0 Å². The standard InChI is InChI=1S/C22H32BrNO2/c1-21(26)7-5-15-13(10-21)3-4-17-16(15)6-8-22(2)18(17)9-14(12-24)20(22)19(25)11-23/h13-18,20,26H,3-11H2,1-2H3/t13-,14+,15+,16-,17-,18+,20-,21-,22+/m1/s1. The zero-order valence-corrected chi connectivity index (χ0v) is 17.7. The molecule has 0 aromatic heterocycles. The van der Waals surface area contributed by atoms with E-state index >= 15 is 0 Å². The molecule has 3 nitrogen and oxygen atoms in total. The number of aliphatic hydroxyl groups is 1. The second kappa shape index (κ2) is 6.59. The number of nitrogens with zero attached hydrogens (tertiary/aromatic N) is 1. The second-order valence-corrected chi connectivity index (χ2v) is 10.8. The van der Waals surface area contributed by atoms with Crippen molar-refractivity contribution >= 4 is 21.7 Å². The molecule has 144 valence electrons. The van der Waals surface area contributed by atoms with E-state index in [2.05, 4.69) is 28.9 Å². The summed E-state index contributed by atoms with van der Waals surface area (Å²) >= 11 is 3.36. The molecule has 0 aromatic carbocycles. The van der Waals surface area contributed by atoms with Crippen molar-refractivity contribution in [3.63, 3.8) is 0 Å². The van der Waals surface area contributed by atoms with Crippen LogP contribution >= 0.6 is 15.9 Å². The minimum Gasteiger partial charge on any atom is -0.390 e. The quantitative estimate of drug-likeness (QED) is 0.655. The Labute approximate surface area is 166 Å². The number of ketones is 1. The zero-order valence-electron chi connectivity index (χ0n) is 16.1. The molecule has 4 aliphatic carbocycles. The van der Waals surface area contributed by atoms with Crippen LogP contribution in [0.1, 0.15) is 65.2 Å². The number of nitriles is 1. The van der Waals surface area contributed by atoms with Crippen molar-refractivity contribution in [2.24, 2.45) is 46.8 Å². The third-order valence-corrected chi connectivity index (χ3v) is 9.49. The first-order valence-corrected chi connectivity index (χ1v) is 11.6. The molecule has 0 aromatic rings. The van der Waals surface area contributed by atoms with Crippen LogP contribution in [0.15, 0.2) is 0 Å². The molecule has 0 saturated heterocycles. The van der Waals surface area contributed by atoms with E-state index in [0.29, 0.717) is 23.1 Å². The maximum absolute atomic E-state index is 12.7. The van der Waals surface area contributed by atoms with E-state index in [0.717, 1.165) is 43.9 Å².